The van der Waals surface area contributed by atoms with Crippen molar-refractivity contribution in [1.29, 1.82) is 0 Å². The van der Waals surface area contributed by atoms with E-state index in [2.05, 4.69) is 53.2 Å². The van der Waals surface area contributed by atoms with Gasteiger partial charge in [-0.25, -0.2) is 4.98 Å². The van der Waals surface area contributed by atoms with Crippen LogP contribution in [0.4, 0.5) is 11.5 Å². The van der Waals surface area contributed by atoms with Gasteiger partial charge in [0, 0.05) is 30.9 Å². The number of fused-ring (bicyclic) bond motifs is 1. The molecule has 0 saturated carbocycles. The highest BCUT2D eigenvalue weighted by molar-refractivity contribution is 5.95. The Bertz CT molecular complexity index is 780. The smallest absolute Gasteiger partial charge is 0.140 e. The number of nitrogens with zero attached hydrogens (tertiary/aromatic N) is 2. The van der Waals surface area contributed by atoms with Crippen molar-refractivity contribution in [3.63, 3.8) is 0 Å². The van der Waals surface area contributed by atoms with Crippen LogP contribution in [0, 0.1) is 6.92 Å². The Balaban J connectivity index is 2.17. The fraction of sp³-hybridized carbons (Fsp3) is 0.167. The molecule has 0 saturated heterocycles. The third kappa shape index (κ3) is 2.48. The fourth-order valence-corrected chi connectivity index (χ4v) is 2.63. The number of aryl methyl sites for hydroxylation is 1. The third-order valence-corrected chi connectivity index (χ3v) is 3.78. The van der Waals surface area contributed by atoms with Crippen molar-refractivity contribution in [2.45, 2.75) is 13.5 Å². The number of rotatable bonds is 3. The number of anilines is 2. The van der Waals surface area contributed by atoms with E-state index in [1.807, 2.05) is 25.4 Å². The lowest BCUT2D eigenvalue weighted by molar-refractivity contribution is 1.05. The number of benzene rings is 2. The van der Waals surface area contributed by atoms with Crippen LogP contribution < -0.4 is 10.6 Å². The Morgan fingerprint density at radius 3 is 2.52 bits per heavy atom. The summed E-state index contributed by atoms with van der Waals surface area (Å²) in [5.74, 6) is 0.952. The lowest BCUT2D eigenvalue weighted by atomic mass is 10.1. The lowest BCUT2D eigenvalue weighted by Gasteiger charge is -2.21. The number of nitrogens with two attached hydrogens (primary N) is 1. The Hall–Kier alpha value is -2.39. The van der Waals surface area contributed by atoms with Gasteiger partial charge in [-0.05, 0) is 35.6 Å². The van der Waals surface area contributed by atoms with E-state index in [0.29, 0.717) is 6.54 Å². The predicted octanol–water partition coefficient (Wildman–Crippen LogP) is 3.77. The average Bonchev–Trinajstić information content (AvgIpc) is 2.53. The van der Waals surface area contributed by atoms with E-state index in [-0.39, 0.29) is 0 Å². The summed E-state index contributed by atoms with van der Waals surface area (Å²) in [4.78, 5) is 6.75. The summed E-state index contributed by atoms with van der Waals surface area (Å²) in [6, 6.07) is 16.7. The van der Waals surface area contributed by atoms with E-state index in [1.165, 1.54) is 10.9 Å². The van der Waals surface area contributed by atoms with Crippen molar-refractivity contribution in [2.75, 3.05) is 11.9 Å². The van der Waals surface area contributed by atoms with Crippen LogP contribution >= 0.6 is 0 Å². The fourth-order valence-electron chi connectivity index (χ4n) is 2.63. The summed E-state index contributed by atoms with van der Waals surface area (Å²) in [6.07, 6.45) is 1.88. The summed E-state index contributed by atoms with van der Waals surface area (Å²) < 4.78 is 0. The predicted molar refractivity (Wildman–Crippen MR) is 88.9 cm³/mol. The standard InChI is InChI=1S/C18H19N3/c1-13-6-5-7-15(10-13)21(2)18-17-9-4-3-8-16(17)14(11-19)12-20-18/h3-10,12H,11,19H2,1-2H3. The van der Waals surface area contributed by atoms with E-state index in [0.717, 1.165) is 22.5 Å². The molecule has 0 aliphatic carbocycles. The molecule has 0 spiro atoms. The zero-order valence-corrected chi connectivity index (χ0v) is 12.4. The molecule has 3 nitrogen and oxygen atoms in total. The molecule has 1 aromatic heterocycles. The summed E-state index contributed by atoms with van der Waals surface area (Å²) in [5.41, 5.74) is 9.27. The van der Waals surface area contributed by atoms with Crippen molar-refractivity contribution in [2.24, 2.45) is 5.73 Å². The first-order chi connectivity index (χ1) is 10.2. The van der Waals surface area contributed by atoms with Crippen LogP contribution in [-0.4, -0.2) is 12.0 Å². The third-order valence-electron chi connectivity index (χ3n) is 3.78. The van der Waals surface area contributed by atoms with Gasteiger partial charge in [0.05, 0.1) is 0 Å². The number of pyridine rings is 1. The van der Waals surface area contributed by atoms with Gasteiger partial charge in [0.1, 0.15) is 5.82 Å². The molecule has 0 aliphatic heterocycles. The van der Waals surface area contributed by atoms with Gasteiger partial charge in [-0.2, -0.15) is 0 Å². The van der Waals surface area contributed by atoms with E-state index in [1.54, 1.807) is 0 Å². The van der Waals surface area contributed by atoms with Crippen LogP contribution in [0.3, 0.4) is 0 Å². The molecule has 106 valence electrons. The van der Waals surface area contributed by atoms with Crippen LogP contribution in [0.5, 0.6) is 0 Å². The van der Waals surface area contributed by atoms with Crippen LogP contribution in [0.15, 0.2) is 54.7 Å². The minimum atomic E-state index is 0.502. The molecule has 0 amide bonds. The van der Waals surface area contributed by atoms with E-state index >= 15 is 0 Å². The van der Waals surface area contributed by atoms with Gasteiger partial charge in [0.15, 0.2) is 0 Å². The maximum atomic E-state index is 5.82. The Kier molecular flexibility index (Phi) is 3.59. The molecule has 0 unspecified atom stereocenters. The second-order valence-corrected chi connectivity index (χ2v) is 5.25. The van der Waals surface area contributed by atoms with Crippen molar-refractivity contribution in [3.8, 4) is 0 Å². The van der Waals surface area contributed by atoms with Crippen molar-refractivity contribution >= 4 is 22.3 Å². The van der Waals surface area contributed by atoms with Gasteiger partial charge in [0.2, 0.25) is 0 Å². The molecule has 0 aliphatic rings. The normalized spacial score (nSPS) is 10.8. The Morgan fingerprint density at radius 2 is 1.81 bits per heavy atom. The van der Waals surface area contributed by atoms with Gasteiger partial charge >= 0.3 is 0 Å². The molecule has 2 N–H and O–H groups in total. The summed E-state index contributed by atoms with van der Waals surface area (Å²) in [6.45, 7) is 2.60. The van der Waals surface area contributed by atoms with E-state index in [4.69, 9.17) is 5.73 Å². The summed E-state index contributed by atoms with van der Waals surface area (Å²) in [5, 5.41) is 2.30. The highest BCUT2D eigenvalue weighted by atomic mass is 15.2. The van der Waals surface area contributed by atoms with Gasteiger partial charge in [-0.15, -0.1) is 0 Å². The van der Waals surface area contributed by atoms with Crippen molar-refractivity contribution < 1.29 is 0 Å². The zero-order valence-electron chi connectivity index (χ0n) is 12.4. The summed E-state index contributed by atoms with van der Waals surface area (Å²) in [7, 11) is 2.05. The molecule has 21 heavy (non-hydrogen) atoms. The van der Waals surface area contributed by atoms with Gasteiger partial charge in [-0.1, -0.05) is 36.4 Å². The van der Waals surface area contributed by atoms with Crippen LogP contribution in [-0.2, 0) is 6.54 Å². The number of hydrogen-bond acceptors (Lipinski definition) is 3. The Labute approximate surface area is 125 Å². The zero-order chi connectivity index (χ0) is 14.8. The highest BCUT2D eigenvalue weighted by Gasteiger charge is 2.11. The van der Waals surface area contributed by atoms with Crippen molar-refractivity contribution in [1.82, 2.24) is 4.98 Å². The SMILES string of the molecule is Cc1cccc(N(C)c2ncc(CN)c3ccccc23)c1. The quantitative estimate of drug-likeness (QED) is 0.792. The van der Waals surface area contributed by atoms with Crippen LogP contribution in [0.25, 0.3) is 10.8 Å². The molecule has 0 fully saturated rings. The average molecular weight is 277 g/mol. The number of aromatic nitrogens is 1. The van der Waals surface area contributed by atoms with Gasteiger partial charge < -0.3 is 10.6 Å². The molecular weight excluding hydrogens is 258 g/mol. The van der Waals surface area contributed by atoms with E-state index < -0.39 is 0 Å². The monoisotopic (exact) mass is 277 g/mol. The van der Waals surface area contributed by atoms with Gasteiger partial charge in [-0.3, -0.25) is 0 Å². The maximum Gasteiger partial charge on any atom is 0.140 e. The molecule has 3 rings (SSSR count). The molecule has 3 heteroatoms. The van der Waals surface area contributed by atoms with Gasteiger partial charge in [0.25, 0.3) is 0 Å². The molecule has 0 radical (unpaired) electrons. The summed E-state index contributed by atoms with van der Waals surface area (Å²) >= 11 is 0. The topological polar surface area (TPSA) is 42.2 Å². The lowest BCUT2D eigenvalue weighted by Crippen LogP contribution is -2.12. The minimum absolute atomic E-state index is 0.502. The first kappa shape index (κ1) is 13.6. The second kappa shape index (κ2) is 5.54. The molecular formula is C18H19N3. The van der Waals surface area contributed by atoms with Crippen LogP contribution in [0.1, 0.15) is 11.1 Å². The number of hydrogen-bond donors (Lipinski definition) is 1. The van der Waals surface area contributed by atoms with E-state index in [9.17, 15) is 0 Å². The van der Waals surface area contributed by atoms with Crippen LogP contribution in [0.2, 0.25) is 0 Å². The Morgan fingerprint density at radius 1 is 1.05 bits per heavy atom. The first-order valence-corrected chi connectivity index (χ1v) is 7.08. The minimum Gasteiger partial charge on any atom is -0.329 e. The molecule has 0 atom stereocenters. The second-order valence-electron chi connectivity index (χ2n) is 5.25. The molecule has 0 bridgehead atoms. The first-order valence-electron chi connectivity index (χ1n) is 7.08. The largest absolute Gasteiger partial charge is 0.329 e. The molecule has 3 aromatic rings. The molecule has 1 heterocycles. The van der Waals surface area contributed by atoms with Crippen molar-refractivity contribution in [3.05, 3.63) is 65.9 Å². The molecule has 2 aromatic carbocycles. The highest BCUT2D eigenvalue weighted by Crippen LogP contribution is 2.30. The maximum absolute atomic E-state index is 5.82.